The molecule has 2 aliphatic rings. The second-order valence-corrected chi connectivity index (χ2v) is 6.20. The smallest absolute Gasteiger partial charge is 0.257 e. The molecule has 0 N–H and O–H groups in total. The molecule has 2 unspecified atom stereocenters. The summed E-state index contributed by atoms with van der Waals surface area (Å²) in [5, 5.41) is 0. The molecule has 1 amide bonds. The van der Waals surface area contributed by atoms with Gasteiger partial charge in [0.05, 0.1) is 12.7 Å². The molecule has 2 heterocycles. The second kappa shape index (κ2) is 4.80. The molecule has 0 saturated carbocycles. The standard InChI is InChI=1S/C14H17BrN2O2/c1-16-7-11-6-10(16)8-17(11)14(18)12-4-3-9(15)5-13(12)19-2/h3-5,10-11H,6-8H2,1-2H3. The van der Waals surface area contributed by atoms with Gasteiger partial charge < -0.3 is 9.64 Å². The van der Waals surface area contributed by atoms with Gasteiger partial charge in [0, 0.05) is 29.6 Å². The van der Waals surface area contributed by atoms with Crippen molar-refractivity contribution in [2.75, 3.05) is 27.2 Å². The van der Waals surface area contributed by atoms with Crippen LogP contribution in [0.15, 0.2) is 22.7 Å². The van der Waals surface area contributed by atoms with E-state index in [2.05, 4.69) is 27.9 Å². The number of benzene rings is 1. The Hall–Kier alpha value is -1.07. The third kappa shape index (κ3) is 2.15. The van der Waals surface area contributed by atoms with Crippen molar-refractivity contribution in [2.24, 2.45) is 0 Å². The van der Waals surface area contributed by atoms with Gasteiger partial charge >= 0.3 is 0 Å². The summed E-state index contributed by atoms with van der Waals surface area (Å²) in [6.45, 7) is 1.81. The van der Waals surface area contributed by atoms with Crippen LogP contribution in [0.3, 0.4) is 0 Å². The minimum atomic E-state index is 0.0879. The van der Waals surface area contributed by atoms with Crippen molar-refractivity contribution in [3.05, 3.63) is 28.2 Å². The Kier molecular flexibility index (Phi) is 3.27. The summed E-state index contributed by atoms with van der Waals surface area (Å²) in [5.74, 6) is 0.723. The van der Waals surface area contributed by atoms with Gasteiger partial charge in [0.25, 0.3) is 5.91 Å². The highest BCUT2D eigenvalue weighted by Gasteiger charge is 2.44. The lowest BCUT2D eigenvalue weighted by Gasteiger charge is -2.32. The fourth-order valence-electron chi connectivity index (χ4n) is 3.11. The Balaban J connectivity index is 1.85. The minimum absolute atomic E-state index is 0.0879. The van der Waals surface area contributed by atoms with Crippen LogP contribution in [-0.2, 0) is 0 Å². The predicted molar refractivity (Wildman–Crippen MR) is 76.6 cm³/mol. The number of hydrogen-bond donors (Lipinski definition) is 0. The largest absolute Gasteiger partial charge is 0.496 e. The summed E-state index contributed by atoms with van der Waals surface area (Å²) in [6, 6.07) is 6.44. The lowest BCUT2D eigenvalue weighted by Crippen LogP contribution is -2.47. The van der Waals surface area contributed by atoms with Crippen LogP contribution in [0.2, 0.25) is 0 Å². The van der Waals surface area contributed by atoms with Gasteiger partial charge in [-0.2, -0.15) is 0 Å². The van der Waals surface area contributed by atoms with Crippen molar-refractivity contribution in [3.8, 4) is 5.75 Å². The SMILES string of the molecule is COc1cc(Br)ccc1C(=O)N1CC2CC1CN2C. The summed E-state index contributed by atoms with van der Waals surface area (Å²) in [4.78, 5) is 17.0. The molecule has 1 aromatic carbocycles. The van der Waals surface area contributed by atoms with E-state index in [9.17, 15) is 4.79 Å². The Morgan fingerprint density at radius 2 is 2.16 bits per heavy atom. The van der Waals surface area contributed by atoms with Crippen LogP contribution in [0, 0.1) is 0 Å². The Morgan fingerprint density at radius 1 is 1.37 bits per heavy atom. The molecule has 0 aromatic heterocycles. The highest BCUT2D eigenvalue weighted by Crippen LogP contribution is 2.32. The van der Waals surface area contributed by atoms with Gasteiger partial charge in [-0.1, -0.05) is 15.9 Å². The van der Waals surface area contributed by atoms with E-state index in [1.807, 2.05) is 23.1 Å². The molecule has 5 heteroatoms. The molecule has 102 valence electrons. The van der Waals surface area contributed by atoms with Crippen LogP contribution in [0.1, 0.15) is 16.8 Å². The number of likely N-dealkylation sites (tertiary alicyclic amines) is 2. The molecule has 2 fully saturated rings. The second-order valence-electron chi connectivity index (χ2n) is 5.29. The van der Waals surface area contributed by atoms with Crippen molar-refractivity contribution >= 4 is 21.8 Å². The molecule has 2 saturated heterocycles. The van der Waals surface area contributed by atoms with E-state index < -0.39 is 0 Å². The highest BCUT2D eigenvalue weighted by atomic mass is 79.9. The fraction of sp³-hybridized carbons (Fsp3) is 0.500. The number of rotatable bonds is 2. The fourth-order valence-corrected chi connectivity index (χ4v) is 3.45. The van der Waals surface area contributed by atoms with Gasteiger partial charge in [-0.05, 0) is 31.7 Å². The van der Waals surface area contributed by atoms with E-state index in [0.29, 0.717) is 23.4 Å². The predicted octanol–water partition coefficient (Wildman–Crippen LogP) is 1.99. The van der Waals surface area contributed by atoms with E-state index in [1.165, 1.54) is 0 Å². The number of carbonyl (C=O) groups is 1. The molecule has 1 aromatic rings. The van der Waals surface area contributed by atoms with Crippen molar-refractivity contribution < 1.29 is 9.53 Å². The van der Waals surface area contributed by atoms with Gasteiger partial charge in [0.15, 0.2) is 0 Å². The van der Waals surface area contributed by atoms with Gasteiger partial charge in [0.2, 0.25) is 0 Å². The maximum atomic E-state index is 12.6. The zero-order valence-electron chi connectivity index (χ0n) is 11.1. The van der Waals surface area contributed by atoms with E-state index in [1.54, 1.807) is 7.11 Å². The maximum absolute atomic E-state index is 12.6. The number of ether oxygens (including phenoxy) is 1. The highest BCUT2D eigenvalue weighted by molar-refractivity contribution is 9.10. The Labute approximate surface area is 121 Å². The first-order valence-corrected chi connectivity index (χ1v) is 7.24. The zero-order chi connectivity index (χ0) is 13.6. The molecule has 2 aliphatic heterocycles. The summed E-state index contributed by atoms with van der Waals surface area (Å²) in [7, 11) is 3.73. The lowest BCUT2D eigenvalue weighted by molar-refractivity contribution is 0.0647. The van der Waals surface area contributed by atoms with Crippen LogP contribution < -0.4 is 4.74 Å². The third-order valence-electron chi connectivity index (χ3n) is 4.17. The molecular weight excluding hydrogens is 308 g/mol. The van der Waals surface area contributed by atoms with E-state index in [0.717, 1.165) is 24.0 Å². The van der Waals surface area contributed by atoms with Crippen molar-refractivity contribution in [3.63, 3.8) is 0 Å². The molecule has 2 bridgehead atoms. The lowest BCUT2D eigenvalue weighted by atomic mass is 10.1. The first kappa shape index (κ1) is 12.9. The Bertz CT molecular complexity index is 518. The van der Waals surface area contributed by atoms with Crippen molar-refractivity contribution in [1.82, 2.24) is 9.80 Å². The van der Waals surface area contributed by atoms with Crippen LogP contribution in [0.4, 0.5) is 0 Å². The molecule has 0 radical (unpaired) electrons. The summed E-state index contributed by atoms with van der Waals surface area (Å²) in [6.07, 6.45) is 1.10. The number of fused-ring (bicyclic) bond motifs is 2. The number of amides is 1. The number of carbonyl (C=O) groups excluding carboxylic acids is 1. The van der Waals surface area contributed by atoms with Gasteiger partial charge in [-0.25, -0.2) is 0 Å². The van der Waals surface area contributed by atoms with E-state index >= 15 is 0 Å². The van der Waals surface area contributed by atoms with E-state index in [4.69, 9.17) is 4.74 Å². The van der Waals surface area contributed by atoms with Crippen LogP contribution in [-0.4, -0.2) is 55.0 Å². The molecule has 0 aliphatic carbocycles. The number of piperazine rings is 1. The summed E-state index contributed by atoms with van der Waals surface area (Å²) < 4.78 is 6.24. The number of hydrogen-bond acceptors (Lipinski definition) is 3. The van der Waals surface area contributed by atoms with Gasteiger partial charge in [-0.3, -0.25) is 9.69 Å². The summed E-state index contributed by atoms with van der Waals surface area (Å²) >= 11 is 3.40. The molecular formula is C14H17BrN2O2. The van der Waals surface area contributed by atoms with E-state index in [-0.39, 0.29) is 5.91 Å². The van der Waals surface area contributed by atoms with Crippen molar-refractivity contribution in [1.29, 1.82) is 0 Å². The number of likely N-dealkylation sites (N-methyl/N-ethyl adjacent to an activating group) is 1. The Morgan fingerprint density at radius 3 is 2.74 bits per heavy atom. The van der Waals surface area contributed by atoms with Crippen molar-refractivity contribution in [2.45, 2.75) is 18.5 Å². The zero-order valence-corrected chi connectivity index (χ0v) is 12.7. The minimum Gasteiger partial charge on any atom is -0.496 e. The average Bonchev–Trinajstić information content (AvgIpc) is 2.96. The van der Waals surface area contributed by atoms with Crippen LogP contribution >= 0.6 is 15.9 Å². The van der Waals surface area contributed by atoms with Crippen LogP contribution in [0.25, 0.3) is 0 Å². The monoisotopic (exact) mass is 324 g/mol. The first-order valence-electron chi connectivity index (χ1n) is 6.45. The number of halogens is 1. The van der Waals surface area contributed by atoms with Gasteiger partial charge in [0.1, 0.15) is 5.75 Å². The first-order chi connectivity index (χ1) is 9.10. The molecule has 2 atom stereocenters. The number of nitrogens with zero attached hydrogens (tertiary/aromatic N) is 2. The van der Waals surface area contributed by atoms with Crippen LogP contribution in [0.5, 0.6) is 5.75 Å². The maximum Gasteiger partial charge on any atom is 0.257 e. The average molecular weight is 325 g/mol. The molecule has 19 heavy (non-hydrogen) atoms. The topological polar surface area (TPSA) is 32.8 Å². The molecule has 3 rings (SSSR count). The molecule has 4 nitrogen and oxygen atoms in total. The molecule has 0 spiro atoms. The normalized spacial score (nSPS) is 25.9. The third-order valence-corrected chi connectivity index (χ3v) is 4.66. The number of methoxy groups -OCH3 is 1. The quantitative estimate of drug-likeness (QED) is 0.834. The summed E-state index contributed by atoms with van der Waals surface area (Å²) in [5.41, 5.74) is 0.654. The van der Waals surface area contributed by atoms with Gasteiger partial charge in [-0.15, -0.1) is 0 Å².